The maximum atomic E-state index is 14.2. The number of carbonyl (C=O) groups excluding carboxylic acids is 3. The Morgan fingerprint density at radius 1 is 0.875 bits per heavy atom. The van der Waals surface area contributed by atoms with Crippen molar-refractivity contribution in [2.75, 3.05) is 17.3 Å². The fourth-order valence-electron chi connectivity index (χ4n) is 6.41. The maximum Gasteiger partial charge on any atom is 0.248 e. The van der Waals surface area contributed by atoms with Crippen molar-refractivity contribution < 1.29 is 19.1 Å². The molecule has 4 aromatic rings. The molecule has 7 rings (SSSR count). The third kappa shape index (κ3) is 3.62. The van der Waals surface area contributed by atoms with Gasteiger partial charge >= 0.3 is 0 Å². The van der Waals surface area contributed by atoms with Crippen molar-refractivity contribution in [3.63, 3.8) is 0 Å². The van der Waals surface area contributed by atoms with Crippen molar-refractivity contribution in [1.82, 2.24) is 4.90 Å². The lowest BCUT2D eigenvalue weighted by atomic mass is 9.84. The summed E-state index contributed by atoms with van der Waals surface area (Å²) in [7, 11) is 1.51. The minimum Gasteiger partial charge on any atom is -0.495 e. The third-order valence-electron chi connectivity index (χ3n) is 8.14. The van der Waals surface area contributed by atoms with Gasteiger partial charge in [0.1, 0.15) is 11.8 Å². The van der Waals surface area contributed by atoms with Crippen LogP contribution in [0.4, 0.5) is 11.4 Å². The van der Waals surface area contributed by atoms with Crippen molar-refractivity contribution in [2.45, 2.75) is 12.1 Å². The Morgan fingerprint density at radius 2 is 1.62 bits per heavy atom. The molecule has 0 spiro atoms. The number of anilines is 2. The predicted octanol–water partition coefficient (Wildman–Crippen LogP) is 5.66. The highest BCUT2D eigenvalue weighted by Gasteiger charge is 2.64. The molecular weight excluding hydrogens is 526 g/mol. The van der Waals surface area contributed by atoms with E-state index in [0.717, 1.165) is 21.9 Å². The summed E-state index contributed by atoms with van der Waals surface area (Å²) in [5.41, 5.74) is 2.77. The van der Waals surface area contributed by atoms with E-state index in [-0.39, 0.29) is 11.8 Å². The number of fused-ring (bicyclic) bond motifs is 6. The van der Waals surface area contributed by atoms with Crippen LogP contribution in [-0.2, 0) is 14.4 Å². The second-order valence-corrected chi connectivity index (χ2v) is 10.6. The smallest absolute Gasteiger partial charge is 0.248 e. The number of halogens is 1. The number of rotatable bonds is 4. The van der Waals surface area contributed by atoms with Crippen LogP contribution in [-0.4, -0.2) is 35.8 Å². The minimum absolute atomic E-state index is 0.305. The average molecular weight is 550 g/mol. The molecule has 0 saturated carbocycles. The topological polar surface area (TPSA) is 79.0 Å². The van der Waals surface area contributed by atoms with Crippen LogP contribution in [0.5, 0.6) is 5.75 Å². The number of imide groups is 1. The first-order chi connectivity index (χ1) is 19.5. The number of nitrogens with zero attached hydrogens (tertiary/aromatic N) is 2. The zero-order valence-corrected chi connectivity index (χ0v) is 22.2. The van der Waals surface area contributed by atoms with Crippen LogP contribution in [0.1, 0.15) is 17.2 Å². The van der Waals surface area contributed by atoms with Gasteiger partial charge in [-0.1, -0.05) is 66.2 Å². The number of hydrogen-bond donors (Lipinski definition) is 1. The molecule has 0 aromatic heterocycles. The molecule has 1 N–H and O–H groups in total. The van der Waals surface area contributed by atoms with Crippen LogP contribution in [0.2, 0.25) is 5.02 Å². The summed E-state index contributed by atoms with van der Waals surface area (Å²) in [6.45, 7) is 0. The lowest BCUT2D eigenvalue weighted by Crippen LogP contribution is -2.46. The Balaban J connectivity index is 1.33. The van der Waals surface area contributed by atoms with Crippen molar-refractivity contribution in [3.05, 3.63) is 107 Å². The minimum atomic E-state index is -0.926. The Kier molecular flexibility index (Phi) is 5.64. The van der Waals surface area contributed by atoms with E-state index in [2.05, 4.69) is 5.32 Å². The first-order valence-electron chi connectivity index (χ1n) is 13.0. The van der Waals surface area contributed by atoms with E-state index in [1.807, 2.05) is 77.8 Å². The van der Waals surface area contributed by atoms with Gasteiger partial charge in [0.05, 0.1) is 36.4 Å². The van der Waals surface area contributed by atoms with E-state index in [9.17, 15) is 14.4 Å². The van der Waals surface area contributed by atoms with Gasteiger partial charge in [0.2, 0.25) is 17.7 Å². The molecule has 4 aromatic carbocycles. The molecule has 3 heterocycles. The molecule has 40 heavy (non-hydrogen) atoms. The lowest BCUT2D eigenvalue weighted by Gasteiger charge is -2.35. The van der Waals surface area contributed by atoms with Gasteiger partial charge in [-0.05, 0) is 58.3 Å². The SMILES string of the molecule is COc1ccc(Cl)cc1NC(=O)[C@@H]1[C@@H]2C(=O)N(c3ccc4ccccc4c3)C(=O)[C@@H]2[C@@H]2c3ccccc3C=CN12. The van der Waals surface area contributed by atoms with Gasteiger partial charge in [-0.25, -0.2) is 4.90 Å². The van der Waals surface area contributed by atoms with Gasteiger partial charge in [-0.2, -0.15) is 0 Å². The second kappa shape index (κ2) is 9.24. The summed E-state index contributed by atoms with van der Waals surface area (Å²) in [6, 6.07) is 24.7. The third-order valence-corrected chi connectivity index (χ3v) is 8.38. The van der Waals surface area contributed by atoms with Gasteiger partial charge in [0.15, 0.2) is 0 Å². The monoisotopic (exact) mass is 549 g/mol. The van der Waals surface area contributed by atoms with Crippen molar-refractivity contribution >= 4 is 57.5 Å². The van der Waals surface area contributed by atoms with Crippen LogP contribution in [0, 0.1) is 11.8 Å². The normalized spacial score (nSPS) is 22.8. The number of benzene rings is 4. The van der Waals surface area contributed by atoms with E-state index in [0.29, 0.717) is 22.1 Å². The number of nitrogens with one attached hydrogen (secondary N) is 1. The quantitative estimate of drug-likeness (QED) is 0.333. The first-order valence-corrected chi connectivity index (χ1v) is 13.4. The maximum absolute atomic E-state index is 14.2. The molecule has 0 bridgehead atoms. The second-order valence-electron chi connectivity index (χ2n) is 10.2. The summed E-state index contributed by atoms with van der Waals surface area (Å²) < 4.78 is 5.42. The summed E-state index contributed by atoms with van der Waals surface area (Å²) in [4.78, 5) is 45.4. The number of methoxy groups -OCH3 is 1. The molecule has 4 atom stereocenters. The zero-order valence-electron chi connectivity index (χ0n) is 21.5. The molecule has 3 aliphatic heterocycles. The summed E-state index contributed by atoms with van der Waals surface area (Å²) in [5, 5.41) is 5.29. The highest BCUT2D eigenvalue weighted by molar-refractivity contribution is 6.31. The van der Waals surface area contributed by atoms with E-state index in [1.165, 1.54) is 12.0 Å². The molecule has 2 saturated heterocycles. The molecule has 8 heteroatoms. The van der Waals surface area contributed by atoms with Gasteiger partial charge < -0.3 is 15.0 Å². The molecule has 2 fully saturated rings. The fraction of sp³-hybridized carbons (Fsp3) is 0.156. The Labute approximate surface area is 235 Å². The summed E-state index contributed by atoms with van der Waals surface area (Å²) in [6.07, 6.45) is 3.74. The molecule has 198 valence electrons. The van der Waals surface area contributed by atoms with Gasteiger partial charge in [0, 0.05) is 11.2 Å². The largest absolute Gasteiger partial charge is 0.495 e. The van der Waals surface area contributed by atoms with Crippen LogP contribution < -0.4 is 15.0 Å². The van der Waals surface area contributed by atoms with E-state index in [4.69, 9.17) is 16.3 Å². The molecular formula is C32H24ClN3O4. The molecule has 0 aliphatic carbocycles. The van der Waals surface area contributed by atoms with Crippen LogP contribution in [0.15, 0.2) is 91.1 Å². The predicted molar refractivity (Wildman–Crippen MR) is 154 cm³/mol. The van der Waals surface area contributed by atoms with Crippen LogP contribution >= 0.6 is 11.6 Å². The summed E-state index contributed by atoms with van der Waals surface area (Å²) in [5.74, 6) is -2.28. The highest BCUT2D eigenvalue weighted by Crippen LogP contribution is 2.53. The van der Waals surface area contributed by atoms with E-state index < -0.39 is 29.8 Å². The van der Waals surface area contributed by atoms with Gasteiger partial charge in [-0.15, -0.1) is 0 Å². The van der Waals surface area contributed by atoms with Crippen LogP contribution in [0.25, 0.3) is 16.8 Å². The van der Waals surface area contributed by atoms with Gasteiger partial charge in [0.25, 0.3) is 0 Å². The van der Waals surface area contributed by atoms with E-state index >= 15 is 0 Å². The fourth-order valence-corrected chi connectivity index (χ4v) is 6.58. The van der Waals surface area contributed by atoms with Crippen molar-refractivity contribution in [3.8, 4) is 5.75 Å². The molecule has 0 radical (unpaired) electrons. The summed E-state index contributed by atoms with van der Waals surface area (Å²) >= 11 is 6.21. The Morgan fingerprint density at radius 3 is 2.45 bits per heavy atom. The van der Waals surface area contributed by atoms with Gasteiger partial charge in [-0.3, -0.25) is 14.4 Å². The Bertz CT molecular complexity index is 1750. The number of amides is 3. The number of ether oxygens (including phenoxy) is 1. The van der Waals surface area contributed by atoms with Crippen LogP contribution in [0.3, 0.4) is 0 Å². The van der Waals surface area contributed by atoms with Crippen molar-refractivity contribution in [2.24, 2.45) is 11.8 Å². The number of carbonyl (C=O) groups is 3. The lowest BCUT2D eigenvalue weighted by molar-refractivity contribution is -0.128. The molecule has 7 nitrogen and oxygen atoms in total. The van der Waals surface area contributed by atoms with E-state index in [1.54, 1.807) is 24.3 Å². The first kappa shape index (κ1) is 24.4. The number of hydrogen-bond acceptors (Lipinski definition) is 5. The molecule has 3 aliphatic rings. The Hall–Kier alpha value is -4.62. The van der Waals surface area contributed by atoms with Crippen molar-refractivity contribution in [1.29, 1.82) is 0 Å². The molecule has 0 unspecified atom stereocenters. The highest BCUT2D eigenvalue weighted by atomic mass is 35.5. The standard InChI is InChI=1S/C32H24ClN3O4/c1-40-25-13-11-21(33)17-24(25)34-30(37)29-27-26(28-23-9-5-4-7-19(23)14-15-35(28)29)31(38)36(32(27)39)22-12-10-18-6-2-3-8-20(18)16-22/h2-17,26-29H,1H3,(H,34,37)/t26-,27+,28-,29-/m0/s1. The molecule has 3 amide bonds. The average Bonchev–Trinajstić information content (AvgIpc) is 3.45. The zero-order chi connectivity index (χ0) is 27.5.